The third kappa shape index (κ3) is 2.08. The minimum absolute atomic E-state index is 0.415. The molecule has 0 amide bonds. The fourth-order valence-corrected chi connectivity index (χ4v) is 1.83. The lowest BCUT2D eigenvalue weighted by molar-refractivity contribution is -0.746. The molecule has 2 aromatic heterocycles. The van der Waals surface area contributed by atoms with Crippen LogP contribution in [0.5, 0.6) is 0 Å². The van der Waals surface area contributed by atoms with Gasteiger partial charge in [-0.05, 0) is 37.6 Å². The summed E-state index contributed by atoms with van der Waals surface area (Å²) in [5.74, 6) is 0. The summed E-state index contributed by atoms with van der Waals surface area (Å²) in [6, 6.07) is 3.80. The molecule has 0 fully saturated rings. The van der Waals surface area contributed by atoms with Gasteiger partial charge >= 0.3 is 6.09 Å². The molecule has 2 aromatic rings. The van der Waals surface area contributed by atoms with E-state index in [4.69, 9.17) is 4.74 Å². The number of aryl methyl sites for hydroxylation is 1. The van der Waals surface area contributed by atoms with E-state index in [0.717, 1.165) is 11.1 Å². The Labute approximate surface area is 106 Å². The van der Waals surface area contributed by atoms with E-state index in [9.17, 15) is 4.79 Å². The monoisotopic (exact) mass is 248 g/mol. The standard InChI is InChI=1S/C13H18N3O2/c1-9-10-7-6-8-14-11(10)16(15(9)5)12(17)18-13(2,3)4/h6-8H,1-5H3/q+1. The predicted molar refractivity (Wildman–Crippen MR) is 67.3 cm³/mol. The molecule has 0 atom stereocenters. The molecule has 2 heterocycles. The van der Waals surface area contributed by atoms with Crippen molar-refractivity contribution < 1.29 is 14.2 Å². The topological polar surface area (TPSA) is 48.0 Å². The molecular formula is C13H18N3O2+. The van der Waals surface area contributed by atoms with Gasteiger partial charge in [-0.1, -0.05) is 0 Å². The molecule has 2 rings (SSSR count). The molecule has 0 saturated heterocycles. The summed E-state index contributed by atoms with van der Waals surface area (Å²) in [6.07, 6.45) is 1.25. The van der Waals surface area contributed by atoms with Crippen molar-refractivity contribution in [3.63, 3.8) is 0 Å². The maximum Gasteiger partial charge on any atom is 0.470 e. The first kappa shape index (κ1) is 12.5. The third-order valence-electron chi connectivity index (χ3n) is 2.73. The maximum atomic E-state index is 12.2. The van der Waals surface area contributed by atoms with Gasteiger partial charge in [0.2, 0.25) is 11.3 Å². The van der Waals surface area contributed by atoms with Gasteiger partial charge in [-0.25, -0.2) is 9.78 Å². The van der Waals surface area contributed by atoms with Crippen molar-refractivity contribution >= 4 is 17.1 Å². The van der Waals surface area contributed by atoms with Crippen LogP contribution in [0.4, 0.5) is 4.79 Å². The average Bonchev–Trinajstić information content (AvgIpc) is 2.50. The van der Waals surface area contributed by atoms with Gasteiger partial charge in [0, 0.05) is 13.1 Å². The summed E-state index contributed by atoms with van der Waals surface area (Å²) >= 11 is 0. The van der Waals surface area contributed by atoms with Crippen molar-refractivity contribution in [2.45, 2.75) is 33.3 Å². The molecular weight excluding hydrogens is 230 g/mol. The predicted octanol–water partition coefficient (Wildman–Crippen LogP) is 1.95. The summed E-state index contributed by atoms with van der Waals surface area (Å²) in [5.41, 5.74) is 1.07. The molecule has 0 bridgehead atoms. The van der Waals surface area contributed by atoms with Crippen LogP contribution < -0.4 is 4.68 Å². The first-order chi connectivity index (χ1) is 8.31. The van der Waals surface area contributed by atoms with Crippen LogP contribution in [-0.4, -0.2) is 21.4 Å². The van der Waals surface area contributed by atoms with Crippen molar-refractivity contribution in [2.75, 3.05) is 0 Å². The fraction of sp³-hybridized carbons (Fsp3) is 0.462. The number of fused-ring (bicyclic) bond motifs is 1. The van der Waals surface area contributed by atoms with Crippen LogP contribution in [0.2, 0.25) is 0 Å². The average molecular weight is 248 g/mol. The van der Waals surface area contributed by atoms with E-state index in [-0.39, 0.29) is 0 Å². The second-order valence-electron chi connectivity index (χ2n) is 5.28. The molecule has 0 aliphatic carbocycles. The van der Waals surface area contributed by atoms with E-state index >= 15 is 0 Å². The van der Waals surface area contributed by atoms with E-state index in [1.807, 2.05) is 46.9 Å². The highest BCUT2D eigenvalue weighted by Gasteiger charge is 2.28. The highest BCUT2D eigenvalue weighted by molar-refractivity contribution is 5.85. The molecule has 5 heteroatoms. The Morgan fingerprint density at radius 3 is 2.72 bits per heavy atom. The van der Waals surface area contributed by atoms with Crippen LogP contribution in [0.25, 0.3) is 11.0 Å². The van der Waals surface area contributed by atoms with Crippen LogP contribution >= 0.6 is 0 Å². The van der Waals surface area contributed by atoms with Crippen LogP contribution in [-0.2, 0) is 11.8 Å². The summed E-state index contributed by atoms with van der Waals surface area (Å²) in [4.78, 5) is 16.4. The zero-order valence-corrected chi connectivity index (χ0v) is 11.4. The van der Waals surface area contributed by atoms with Gasteiger partial charge in [0.25, 0.3) is 0 Å². The van der Waals surface area contributed by atoms with E-state index in [0.29, 0.717) is 5.65 Å². The van der Waals surface area contributed by atoms with Gasteiger partial charge in [-0.3, -0.25) is 0 Å². The van der Waals surface area contributed by atoms with Gasteiger partial charge in [0.1, 0.15) is 5.60 Å². The number of rotatable bonds is 0. The summed E-state index contributed by atoms with van der Waals surface area (Å²) in [7, 11) is 1.82. The van der Waals surface area contributed by atoms with Crippen molar-refractivity contribution in [1.29, 1.82) is 0 Å². The number of nitrogens with zero attached hydrogens (tertiary/aromatic N) is 3. The van der Waals surface area contributed by atoms with E-state index in [1.165, 1.54) is 4.68 Å². The van der Waals surface area contributed by atoms with Crippen LogP contribution in [0.3, 0.4) is 0 Å². The molecule has 0 spiro atoms. The number of hydrogen-bond acceptors (Lipinski definition) is 3. The zero-order valence-electron chi connectivity index (χ0n) is 11.4. The lowest BCUT2D eigenvalue weighted by Crippen LogP contribution is -2.46. The van der Waals surface area contributed by atoms with Gasteiger partial charge < -0.3 is 4.74 Å². The summed E-state index contributed by atoms with van der Waals surface area (Å²) in [6.45, 7) is 7.48. The smallest absolute Gasteiger partial charge is 0.440 e. The summed E-state index contributed by atoms with van der Waals surface area (Å²) < 4.78 is 8.60. The number of hydrogen-bond donors (Lipinski definition) is 0. The third-order valence-corrected chi connectivity index (χ3v) is 2.73. The van der Waals surface area contributed by atoms with Crippen LogP contribution in [0.15, 0.2) is 18.3 Å². The van der Waals surface area contributed by atoms with E-state index < -0.39 is 11.7 Å². The Morgan fingerprint density at radius 1 is 1.44 bits per heavy atom. The number of carbonyl (C=O) groups excluding carboxylic acids is 1. The van der Waals surface area contributed by atoms with Crippen LogP contribution in [0.1, 0.15) is 26.5 Å². The largest absolute Gasteiger partial charge is 0.470 e. The highest BCUT2D eigenvalue weighted by atomic mass is 16.6. The van der Waals surface area contributed by atoms with Crippen molar-refractivity contribution in [3.05, 3.63) is 24.0 Å². The molecule has 0 unspecified atom stereocenters. The molecule has 0 aromatic carbocycles. The normalized spacial score (nSPS) is 11.8. The van der Waals surface area contributed by atoms with Gasteiger partial charge in [-0.2, -0.15) is 0 Å². The maximum absolute atomic E-state index is 12.2. The zero-order chi connectivity index (χ0) is 13.5. The first-order valence-electron chi connectivity index (χ1n) is 5.87. The molecule has 0 N–H and O–H groups in total. The second kappa shape index (κ2) is 4.08. The minimum atomic E-state index is -0.524. The minimum Gasteiger partial charge on any atom is -0.440 e. The van der Waals surface area contributed by atoms with Gasteiger partial charge in [0.05, 0.1) is 5.39 Å². The Bertz CT molecular complexity index is 608. The van der Waals surface area contributed by atoms with Crippen LogP contribution in [0, 0.1) is 6.92 Å². The lowest BCUT2D eigenvalue weighted by Gasteiger charge is -2.18. The Hall–Kier alpha value is -1.91. The van der Waals surface area contributed by atoms with Crippen molar-refractivity contribution in [3.8, 4) is 0 Å². The molecule has 96 valence electrons. The number of aromatic nitrogens is 3. The number of pyridine rings is 1. The summed E-state index contributed by atoms with van der Waals surface area (Å²) in [5, 5.41) is 0.950. The Balaban J connectivity index is 2.58. The first-order valence-corrected chi connectivity index (χ1v) is 5.87. The van der Waals surface area contributed by atoms with Gasteiger partial charge in [0.15, 0.2) is 7.05 Å². The quantitative estimate of drug-likeness (QED) is 0.669. The highest BCUT2D eigenvalue weighted by Crippen LogP contribution is 2.15. The molecule has 18 heavy (non-hydrogen) atoms. The molecule has 0 aliphatic rings. The van der Waals surface area contributed by atoms with Crippen molar-refractivity contribution in [1.82, 2.24) is 9.67 Å². The molecule has 5 nitrogen and oxygen atoms in total. The van der Waals surface area contributed by atoms with E-state index in [1.54, 1.807) is 10.9 Å². The lowest BCUT2D eigenvalue weighted by atomic mass is 10.2. The molecule has 0 saturated carbocycles. The number of ether oxygens (including phenoxy) is 1. The van der Waals surface area contributed by atoms with Crippen molar-refractivity contribution in [2.24, 2.45) is 7.05 Å². The molecule has 0 aliphatic heterocycles. The molecule has 0 radical (unpaired) electrons. The SMILES string of the molecule is Cc1c2cccnc2n(C(=O)OC(C)(C)C)[n+]1C. The van der Waals surface area contributed by atoms with E-state index in [2.05, 4.69) is 4.98 Å². The Morgan fingerprint density at radius 2 is 2.11 bits per heavy atom. The fourth-order valence-electron chi connectivity index (χ4n) is 1.83. The Kier molecular flexibility index (Phi) is 2.84. The second-order valence-corrected chi connectivity index (χ2v) is 5.28. The van der Waals surface area contributed by atoms with Gasteiger partial charge in [-0.15, -0.1) is 4.68 Å². The number of carbonyl (C=O) groups is 1.